The summed E-state index contributed by atoms with van der Waals surface area (Å²) in [5, 5.41) is 6.24. The van der Waals surface area contributed by atoms with E-state index in [4.69, 9.17) is 4.74 Å². The first-order valence-electron chi connectivity index (χ1n) is 7.81. The zero-order valence-corrected chi connectivity index (χ0v) is 14.5. The van der Waals surface area contributed by atoms with Gasteiger partial charge in [0.1, 0.15) is 0 Å². The average molecular weight is 339 g/mol. The normalized spacial score (nSPS) is 22.1. The van der Waals surface area contributed by atoms with Crippen LogP contribution in [-0.4, -0.2) is 52.5 Å². The largest absolute Gasteiger partial charge is 0.373 e. The fourth-order valence-corrected chi connectivity index (χ4v) is 3.70. The van der Waals surface area contributed by atoms with Gasteiger partial charge in [-0.15, -0.1) is 0 Å². The molecule has 7 heteroatoms. The van der Waals surface area contributed by atoms with E-state index in [2.05, 4.69) is 22.5 Å². The van der Waals surface area contributed by atoms with Crippen molar-refractivity contribution in [3.63, 3.8) is 0 Å². The molecular weight excluding hydrogens is 314 g/mol. The number of sulfone groups is 1. The highest BCUT2D eigenvalue weighted by molar-refractivity contribution is 7.91. The molecule has 0 aromatic heterocycles. The molecule has 23 heavy (non-hydrogen) atoms. The van der Waals surface area contributed by atoms with E-state index < -0.39 is 9.84 Å². The van der Waals surface area contributed by atoms with E-state index in [0.717, 1.165) is 19.4 Å². The van der Waals surface area contributed by atoms with Gasteiger partial charge in [-0.05, 0) is 31.9 Å². The summed E-state index contributed by atoms with van der Waals surface area (Å²) in [6.07, 6.45) is 2.08. The Hall–Kier alpha value is -1.60. The van der Waals surface area contributed by atoms with Crippen LogP contribution in [0.4, 0.5) is 0 Å². The van der Waals surface area contributed by atoms with Crippen LogP contribution in [-0.2, 0) is 14.6 Å². The van der Waals surface area contributed by atoms with Gasteiger partial charge in [0.2, 0.25) is 0 Å². The molecule has 0 amide bonds. The van der Waals surface area contributed by atoms with Gasteiger partial charge >= 0.3 is 0 Å². The molecule has 1 saturated heterocycles. The minimum Gasteiger partial charge on any atom is -0.373 e. The fourth-order valence-electron chi connectivity index (χ4n) is 2.52. The van der Waals surface area contributed by atoms with Crippen LogP contribution in [0.1, 0.15) is 19.8 Å². The van der Waals surface area contributed by atoms with Crippen molar-refractivity contribution < 1.29 is 13.2 Å². The summed E-state index contributed by atoms with van der Waals surface area (Å²) >= 11 is 0. The number of benzene rings is 1. The Kier molecular flexibility index (Phi) is 6.01. The molecule has 0 aliphatic carbocycles. The van der Waals surface area contributed by atoms with Crippen molar-refractivity contribution in [1.29, 1.82) is 0 Å². The molecule has 1 atom stereocenters. The summed E-state index contributed by atoms with van der Waals surface area (Å²) in [6, 6.07) is 8.47. The first-order chi connectivity index (χ1) is 11.0. The van der Waals surface area contributed by atoms with Crippen LogP contribution in [0, 0.1) is 0 Å². The Bertz CT molecular complexity index is 623. The maximum Gasteiger partial charge on any atom is 0.191 e. The van der Waals surface area contributed by atoms with Gasteiger partial charge in [-0.3, -0.25) is 4.99 Å². The molecule has 2 rings (SSSR count). The Balaban J connectivity index is 1.80. The Labute approximate surface area is 138 Å². The van der Waals surface area contributed by atoms with Gasteiger partial charge in [0.25, 0.3) is 0 Å². The minimum atomic E-state index is -3.28. The van der Waals surface area contributed by atoms with Crippen molar-refractivity contribution in [2.24, 2.45) is 4.99 Å². The molecule has 1 aliphatic rings. The zero-order chi connectivity index (χ0) is 16.8. The zero-order valence-electron chi connectivity index (χ0n) is 13.7. The lowest BCUT2D eigenvalue weighted by Crippen LogP contribution is -2.46. The molecule has 0 spiro atoms. The smallest absolute Gasteiger partial charge is 0.191 e. The van der Waals surface area contributed by atoms with Gasteiger partial charge in [-0.2, -0.15) is 0 Å². The Morgan fingerprint density at radius 3 is 2.65 bits per heavy atom. The second kappa shape index (κ2) is 7.79. The van der Waals surface area contributed by atoms with Gasteiger partial charge < -0.3 is 15.4 Å². The van der Waals surface area contributed by atoms with Gasteiger partial charge in [-0.25, -0.2) is 8.42 Å². The summed E-state index contributed by atoms with van der Waals surface area (Å²) in [7, 11) is -1.61. The summed E-state index contributed by atoms with van der Waals surface area (Å²) < 4.78 is 30.1. The molecule has 6 nitrogen and oxygen atoms in total. The number of hydrogen-bond acceptors (Lipinski definition) is 4. The van der Waals surface area contributed by atoms with Crippen molar-refractivity contribution in [3.05, 3.63) is 30.3 Å². The monoisotopic (exact) mass is 339 g/mol. The Morgan fingerprint density at radius 1 is 1.30 bits per heavy atom. The molecular formula is C16H25N3O3S. The Morgan fingerprint density at radius 2 is 2.04 bits per heavy atom. The first-order valence-corrected chi connectivity index (χ1v) is 9.47. The lowest BCUT2D eigenvalue weighted by Gasteiger charge is -2.24. The van der Waals surface area contributed by atoms with Gasteiger partial charge in [0, 0.05) is 26.7 Å². The minimum absolute atomic E-state index is 0.0193. The van der Waals surface area contributed by atoms with E-state index >= 15 is 0 Å². The predicted molar refractivity (Wildman–Crippen MR) is 91.5 cm³/mol. The lowest BCUT2D eigenvalue weighted by atomic mass is 10.0. The summed E-state index contributed by atoms with van der Waals surface area (Å²) in [5.41, 5.74) is -0.173. The van der Waals surface area contributed by atoms with Crippen LogP contribution in [0.3, 0.4) is 0 Å². The van der Waals surface area contributed by atoms with E-state index in [1.54, 1.807) is 37.4 Å². The van der Waals surface area contributed by atoms with E-state index in [-0.39, 0.29) is 11.4 Å². The highest BCUT2D eigenvalue weighted by Crippen LogP contribution is 2.23. The van der Waals surface area contributed by atoms with Crippen molar-refractivity contribution in [1.82, 2.24) is 10.6 Å². The van der Waals surface area contributed by atoms with Crippen LogP contribution in [0.15, 0.2) is 40.2 Å². The highest BCUT2D eigenvalue weighted by Gasteiger charge is 2.29. The highest BCUT2D eigenvalue weighted by atomic mass is 32.2. The lowest BCUT2D eigenvalue weighted by molar-refractivity contribution is 0.0243. The van der Waals surface area contributed by atoms with Crippen LogP contribution in [0.5, 0.6) is 0 Å². The molecule has 1 heterocycles. The standard InChI is InChI=1S/C16H25N3O3S/c1-16(9-6-11-22-16)13-19-15(17-2)18-10-12-23(20,21)14-7-4-3-5-8-14/h3-5,7-8H,6,9-13H2,1-2H3,(H2,17,18,19). The number of nitrogens with one attached hydrogen (secondary N) is 2. The number of rotatable bonds is 6. The quantitative estimate of drug-likeness (QED) is 0.601. The molecule has 0 radical (unpaired) electrons. The summed E-state index contributed by atoms with van der Waals surface area (Å²) in [6.45, 7) is 3.81. The third-order valence-corrected chi connectivity index (χ3v) is 5.65. The topological polar surface area (TPSA) is 79.8 Å². The molecule has 1 fully saturated rings. The summed E-state index contributed by atoms with van der Waals surface area (Å²) in [4.78, 5) is 4.46. The molecule has 1 aromatic carbocycles. The number of nitrogens with zero attached hydrogens (tertiary/aromatic N) is 1. The SMILES string of the molecule is CN=C(NCCS(=O)(=O)c1ccccc1)NCC1(C)CCCO1. The van der Waals surface area contributed by atoms with Crippen molar-refractivity contribution >= 4 is 15.8 Å². The van der Waals surface area contributed by atoms with Gasteiger partial charge in [0.15, 0.2) is 15.8 Å². The van der Waals surface area contributed by atoms with Crippen LogP contribution < -0.4 is 10.6 Å². The van der Waals surface area contributed by atoms with Gasteiger partial charge in [0.05, 0.1) is 16.2 Å². The molecule has 2 N–H and O–H groups in total. The second-order valence-corrected chi connectivity index (χ2v) is 8.00. The van der Waals surface area contributed by atoms with Crippen LogP contribution in [0.2, 0.25) is 0 Å². The third-order valence-electron chi connectivity index (χ3n) is 3.92. The number of guanidine groups is 1. The molecule has 1 unspecified atom stereocenters. The average Bonchev–Trinajstić information content (AvgIpc) is 2.98. The van der Waals surface area contributed by atoms with Gasteiger partial charge in [-0.1, -0.05) is 18.2 Å². The van der Waals surface area contributed by atoms with E-state index in [1.165, 1.54) is 0 Å². The number of hydrogen-bond donors (Lipinski definition) is 2. The maximum atomic E-state index is 12.2. The molecule has 0 saturated carbocycles. The van der Waals surface area contributed by atoms with Crippen molar-refractivity contribution in [2.75, 3.05) is 32.5 Å². The van der Waals surface area contributed by atoms with Crippen molar-refractivity contribution in [3.8, 4) is 0 Å². The van der Waals surface area contributed by atoms with E-state index in [9.17, 15) is 8.42 Å². The van der Waals surface area contributed by atoms with E-state index in [1.807, 2.05) is 0 Å². The van der Waals surface area contributed by atoms with Crippen molar-refractivity contribution in [2.45, 2.75) is 30.3 Å². The fraction of sp³-hybridized carbons (Fsp3) is 0.562. The molecule has 0 bridgehead atoms. The summed E-state index contributed by atoms with van der Waals surface area (Å²) in [5.74, 6) is 0.607. The first kappa shape index (κ1) is 17.7. The van der Waals surface area contributed by atoms with E-state index in [0.29, 0.717) is 23.9 Å². The molecule has 1 aliphatic heterocycles. The number of aliphatic imine (C=N–C) groups is 1. The molecule has 1 aromatic rings. The van der Waals surface area contributed by atoms with Crippen LogP contribution in [0.25, 0.3) is 0 Å². The van der Waals surface area contributed by atoms with Crippen LogP contribution >= 0.6 is 0 Å². The second-order valence-electron chi connectivity index (χ2n) is 5.89. The molecule has 128 valence electrons. The maximum absolute atomic E-state index is 12.2. The predicted octanol–water partition coefficient (Wildman–Crippen LogP) is 1.19. The third kappa shape index (κ3) is 5.21. The number of ether oxygens (including phenoxy) is 1.